The zero-order valence-corrected chi connectivity index (χ0v) is 10.6. The van der Waals surface area contributed by atoms with E-state index in [0.717, 1.165) is 21.8 Å². The van der Waals surface area contributed by atoms with Crippen LogP contribution in [0.5, 0.6) is 0 Å². The number of nitrogens with zero attached hydrogens (tertiary/aromatic N) is 1. The minimum absolute atomic E-state index is 0.244. The van der Waals surface area contributed by atoms with Gasteiger partial charge in [-0.15, -0.1) is 6.42 Å². The van der Waals surface area contributed by atoms with E-state index >= 15 is 0 Å². The van der Waals surface area contributed by atoms with Crippen molar-refractivity contribution in [3.8, 4) is 12.3 Å². The molecule has 0 aliphatic rings. The minimum Gasteiger partial charge on any atom is -0.324 e. The lowest BCUT2D eigenvalue weighted by molar-refractivity contribution is 0.626. The molecule has 0 amide bonds. The van der Waals surface area contributed by atoms with E-state index in [9.17, 15) is 4.39 Å². The number of hydrogen-bond donors (Lipinski definition) is 1. The quantitative estimate of drug-likeness (QED) is 0.672. The van der Waals surface area contributed by atoms with Crippen molar-refractivity contribution in [3.05, 3.63) is 53.6 Å². The summed E-state index contributed by atoms with van der Waals surface area (Å²) in [5.74, 6) is 2.29. The maximum Gasteiger partial charge on any atom is 0.123 e. The first-order valence-electron chi connectivity index (χ1n) is 5.31. The number of rotatable bonds is 3. The fraction of sp³-hybridized carbons (Fsp3) is 0.0714. The molecule has 0 aliphatic carbocycles. The van der Waals surface area contributed by atoms with Crippen molar-refractivity contribution < 1.29 is 4.39 Å². The van der Waals surface area contributed by atoms with Crippen LogP contribution in [0.4, 0.5) is 10.1 Å². The Kier molecular flexibility index (Phi) is 3.85. The van der Waals surface area contributed by atoms with Crippen molar-refractivity contribution in [2.75, 3.05) is 4.72 Å². The minimum atomic E-state index is -0.244. The van der Waals surface area contributed by atoms with Crippen LogP contribution in [0.15, 0.2) is 41.4 Å². The third kappa shape index (κ3) is 3.02. The summed E-state index contributed by atoms with van der Waals surface area (Å²) < 4.78 is 15.9. The summed E-state index contributed by atoms with van der Waals surface area (Å²) in [6.07, 6.45) is 6.98. The summed E-state index contributed by atoms with van der Waals surface area (Å²) in [5.41, 5.74) is 2.45. The van der Waals surface area contributed by atoms with Crippen LogP contribution >= 0.6 is 11.9 Å². The third-order valence-electron chi connectivity index (χ3n) is 2.35. The van der Waals surface area contributed by atoms with E-state index in [1.54, 1.807) is 18.3 Å². The fourth-order valence-corrected chi connectivity index (χ4v) is 2.04. The molecule has 4 heteroatoms. The number of halogens is 1. The van der Waals surface area contributed by atoms with Gasteiger partial charge in [0, 0.05) is 16.7 Å². The molecule has 1 aromatic heterocycles. The number of aromatic nitrogens is 1. The van der Waals surface area contributed by atoms with Gasteiger partial charge in [0.15, 0.2) is 0 Å². The molecular formula is C14H11FN2S. The first-order chi connectivity index (χ1) is 8.69. The number of benzene rings is 1. The highest BCUT2D eigenvalue weighted by molar-refractivity contribution is 8.00. The highest BCUT2D eigenvalue weighted by atomic mass is 32.2. The molecule has 0 bridgehead atoms. The second kappa shape index (κ2) is 5.56. The van der Waals surface area contributed by atoms with Crippen LogP contribution in [0.3, 0.4) is 0 Å². The van der Waals surface area contributed by atoms with Crippen molar-refractivity contribution in [3.63, 3.8) is 0 Å². The van der Waals surface area contributed by atoms with Crippen molar-refractivity contribution in [2.24, 2.45) is 0 Å². The monoisotopic (exact) mass is 258 g/mol. The molecule has 2 aromatic rings. The Hall–Kier alpha value is -1.99. The number of hydrogen-bond acceptors (Lipinski definition) is 3. The van der Waals surface area contributed by atoms with E-state index < -0.39 is 0 Å². The average Bonchev–Trinajstić information content (AvgIpc) is 2.40. The zero-order chi connectivity index (χ0) is 13.0. The molecular weight excluding hydrogens is 247 g/mol. The lowest BCUT2D eigenvalue weighted by Gasteiger charge is -2.08. The molecule has 18 heavy (non-hydrogen) atoms. The van der Waals surface area contributed by atoms with E-state index in [-0.39, 0.29) is 5.82 Å². The van der Waals surface area contributed by atoms with Gasteiger partial charge in [-0.2, -0.15) is 0 Å². The fourth-order valence-electron chi connectivity index (χ4n) is 1.33. The Morgan fingerprint density at radius 1 is 1.33 bits per heavy atom. The molecule has 90 valence electrons. The number of pyridine rings is 1. The van der Waals surface area contributed by atoms with E-state index in [1.807, 2.05) is 13.0 Å². The summed E-state index contributed by atoms with van der Waals surface area (Å²) >= 11 is 1.39. The van der Waals surface area contributed by atoms with Gasteiger partial charge >= 0.3 is 0 Å². The maximum atomic E-state index is 12.8. The second-order valence-corrected chi connectivity index (χ2v) is 4.54. The summed E-state index contributed by atoms with van der Waals surface area (Å²) in [7, 11) is 0. The number of terminal acetylenes is 1. The van der Waals surface area contributed by atoms with Crippen LogP contribution in [0.2, 0.25) is 0 Å². The highest BCUT2D eigenvalue weighted by Crippen LogP contribution is 2.23. The summed E-state index contributed by atoms with van der Waals surface area (Å²) in [6, 6.07) is 8.13. The van der Waals surface area contributed by atoms with E-state index in [2.05, 4.69) is 15.6 Å². The van der Waals surface area contributed by atoms with Crippen LogP contribution in [0.1, 0.15) is 11.3 Å². The normalized spacial score (nSPS) is 9.83. The topological polar surface area (TPSA) is 24.9 Å². The largest absolute Gasteiger partial charge is 0.324 e. The Balaban J connectivity index is 2.10. The van der Waals surface area contributed by atoms with Gasteiger partial charge in [-0.1, -0.05) is 5.92 Å². The number of nitrogens with one attached hydrogen (secondary N) is 1. The smallest absolute Gasteiger partial charge is 0.123 e. The number of aryl methyl sites for hydroxylation is 1. The first-order valence-corrected chi connectivity index (χ1v) is 6.12. The summed E-state index contributed by atoms with van der Waals surface area (Å²) in [5, 5.41) is 0. The predicted molar refractivity (Wildman–Crippen MR) is 72.8 cm³/mol. The van der Waals surface area contributed by atoms with Gasteiger partial charge in [-0.05, 0) is 49.2 Å². The van der Waals surface area contributed by atoms with Crippen molar-refractivity contribution in [2.45, 2.75) is 11.8 Å². The maximum absolute atomic E-state index is 12.8. The van der Waals surface area contributed by atoms with Crippen LogP contribution in [0.25, 0.3) is 0 Å². The van der Waals surface area contributed by atoms with Gasteiger partial charge in [0.25, 0.3) is 0 Å². The van der Waals surface area contributed by atoms with Crippen molar-refractivity contribution in [1.29, 1.82) is 0 Å². The van der Waals surface area contributed by atoms with E-state index in [4.69, 9.17) is 6.42 Å². The molecule has 0 saturated carbocycles. The predicted octanol–water partition coefficient (Wildman–Crippen LogP) is 3.63. The molecule has 0 atom stereocenters. The molecule has 0 aliphatic heterocycles. The SMILES string of the molecule is C#Cc1cnc(C)c(NSc2ccc(F)cc2)c1. The average molecular weight is 258 g/mol. The van der Waals surface area contributed by atoms with Gasteiger partial charge in [0.1, 0.15) is 5.82 Å². The molecule has 0 saturated heterocycles. The molecule has 1 aromatic carbocycles. The van der Waals surface area contributed by atoms with Crippen LogP contribution < -0.4 is 4.72 Å². The first kappa shape index (κ1) is 12.5. The molecule has 0 spiro atoms. The van der Waals surface area contributed by atoms with Crippen LogP contribution in [-0.2, 0) is 0 Å². The third-order valence-corrected chi connectivity index (χ3v) is 3.18. The molecule has 1 N–H and O–H groups in total. The van der Waals surface area contributed by atoms with Crippen molar-refractivity contribution >= 4 is 17.6 Å². The Morgan fingerprint density at radius 3 is 2.72 bits per heavy atom. The second-order valence-electron chi connectivity index (χ2n) is 3.66. The van der Waals surface area contributed by atoms with Gasteiger partial charge in [0.05, 0.1) is 11.4 Å². The van der Waals surface area contributed by atoms with Gasteiger partial charge in [-0.3, -0.25) is 4.98 Å². The lowest BCUT2D eigenvalue weighted by Crippen LogP contribution is -1.94. The van der Waals surface area contributed by atoms with Gasteiger partial charge < -0.3 is 4.72 Å². The molecule has 2 rings (SSSR count). The molecule has 2 nitrogen and oxygen atoms in total. The van der Waals surface area contributed by atoms with E-state index in [0.29, 0.717) is 0 Å². The van der Waals surface area contributed by atoms with Gasteiger partial charge in [-0.25, -0.2) is 4.39 Å². The Bertz CT molecular complexity index is 588. The standard InChI is InChI=1S/C14H11FN2S/c1-3-11-8-14(10(2)16-9-11)17-18-13-6-4-12(15)5-7-13/h1,4-9,17H,2H3. The van der Waals surface area contributed by atoms with Crippen molar-refractivity contribution in [1.82, 2.24) is 4.98 Å². The van der Waals surface area contributed by atoms with E-state index in [1.165, 1.54) is 24.1 Å². The number of anilines is 1. The molecule has 0 radical (unpaired) electrons. The molecule has 1 heterocycles. The zero-order valence-electron chi connectivity index (χ0n) is 9.77. The lowest BCUT2D eigenvalue weighted by atomic mass is 10.2. The summed E-state index contributed by atoms with van der Waals surface area (Å²) in [4.78, 5) is 5.12. The molecule has 0 fully saturated rings. The Morgan fingerprint density at radius 2 is 2.06 bits per heavy atom. The van der Waals surface area contributed by atoms with Crippen LogP contribution in [-0.4, -0.2) is 4.98 Å². The summed E-state index contributed by atoms with van der Waals surface area (Å²) in [6.45, 7) is 1.90. The Labute approximate surface area is 110 Å². The van der Waals surface area contributed by atoms with Crippen LogP contribution in [0, 0.1) is 25.1 Å². The van der Waals surface area contributed by atoms with Gasteiger partial charge in [0.2, 0.25) is 0 Å². The molecule has 0 unspecified atom stereocenters. The highest BCUT2D eigenvalue weighted by Gasteiger charge is 2.01.